The molecule has 0 aromatic rings. The lowest BCUT2D eigenvalue weighted by Gasteiger charge is -2.31. The molecule has 19 heavy (non-hydrogen) atoms. The molecule has 2 unspecified atom stereocenters. The van der Waals surface area contributed by atoms with Crippen LogP contribution in [0.25, 0.3) is 0 Å². The number of rotatable bonds is 5. The van der Waals surface area contributed by atoms with Gasteiger partial charge in [-0.1, -0.05) is 26.7 Å². The second-order valence-corrected chi connectivity index (χ2v) is 6.60. The molecule has 4 nitrogen and oxygen atoms in total. The number of hydrogen-bond donors (Lipinski definition) is 1. The molecule has 1 saturated carbocycles. The highest BCUT2D eigenvalue weighted by Gasteiger charge is 2.53. The van der Waals surface area contributed by atoms with Crippen LogP contribution >= 0.6 is 0 Å². The molecule has 1 heterocycles. The molecule has 4 heteroatoms. The minimum atomic E-state index is -0.262. The highest BCUT2D eigenvalue weighted by Crippen LogP contribution is 2.38. The van der Waals surface area contributed by atoms with E-state index in [0.29, 0.717) is 18.4 Å². The summed E-state index contributed by atoms with van der Waals surface area (Å²) in [4.78, 5) is 14.9. The molecule has 2 fully saturated rings. The Labute approximate surface area is 116 Å². The predicted octanol–water partition coefficient (Wildman–Crippen LogP) is 2.14. The summed E-state index contributed by atoms with van der Waals surface area (Å²) >= 11 is 0. The summed E-state index contributed by atoms with van der Waals surface area (Å²) in [5.74, 6) is 0.888. The fraction of sp³-hybridized carbons (Fsp3) is 0.933. The molecular formula is C15H28N2O2. The van der Waals surface area contributed by atoms with Crippen molar-refractivity contribution in [2.75, 3.05) is 13.7 Å². The molecule has 0 aromatic carbocycles. The first-order chi connectivity index (χ1) is 9.00. The molecule has 1 aliphatic heterocycles. The molecule has 1 spiro atoms. The van der Waals surface area contributed by atoms with Gasteiger partial charge in [-0.2, -0.15) is 0 Å². The lowest BCUT2D eigenvalue weighted by molar-refractivity contribution is -0.136. The van der Waals surface area contributed by atoms with E-state index in [1.54, 1.807) is 7.11 Å². The molecule has 0 bridgehead atoms. The molecular weight excluding hydrogens is 240 g/mol. The third-order valence-electron chi connectivity index (χ3n) is 4.46. The zero-order valence-electron chi connectivity index (χ0n) is 12.7. The minimum Gasteiger partial charge on any atom is -0.383 e. The summed E-state index contributed by atoms with van der Waals surface area (Å²) < 4.78 is 5.25. The first-order valence-corrected chi connectivity index (χ1v) is 7.59. The number of ether oxygens (including phenoxy) is 1. The Morgan fingerprint density at radius 1 is 1.37 bits per heavy atom. The van der Waals surface area contributed by atoms with Gasteiger partial charge >= 0.3 is 0 Å². The normalized spacial score (nSPS) is 27.7. The van der Waals surface area contributed by atoms with Gasteiger partial charge in [0.15, 0.2) is 0 Å². The second kappa shape index (κ2) is 5.80. The van der Waals surface area contributed by atoms with Gasteiger partial charge in [0, 0.05) is 7.11 Å². The highest BCUT2D eigenvalue weighted by atomic mass is 16.5. The Morgan fingerprint density at radius 3 is 2.53 bits per heavy atom. The largest absolute Gasteiger partial charge is 0.383 e. The fourth-order valence-electron chi connectivity index (χ4n) is 3.62. The molecule has 110 valence electrons. The quantitative estimate of drug-likeness (QED) is 0.830. The van der Waals surface area contributed by atoms with Crippen LogP contribution in [0.2, 0.25) is 0 Å². The first-order valence-electron chi connectivity index (χ1n) is 7.59. The van der Waals surface area contributed by atoms with Crippen LogP contribution in [-0.2, 0) is 9.53 Å². The van der Waals surface area contributed by atoms with Gasteiger partial charge in [0.05, 0.1) is 24.4 Å². The zero-order valence-corrected chi connectivity index (χ0v) is 12.7. The molecule has 1 N–H and O–H groups in total. The molecule has 0 aromatic heterocycles. The van der Waals surface area contributed by atoms with Crippen molar-refractivity contribution >= 4 is 5.91 Å². The second-order valence-electron chi connectivity index (χ2n) is 6.60. The molecule has 2 aliphatic rings. The number of carbonyl (C=O) groups excluding carboxylic acids is 1. The van der Waals surface area contributed by atoms with E-state index in [4.69, 9.17) is 4.74 Å². The number of nitrogens with zero attached hydrogens (tertiary/aromatic N) is 1. The third-order valence-corrected chi connectivity index (χ3v) is 4.46. The summed E-state index contributed by atoms with van der Waals surface area (Å²) in [6, 6.07) is 0.147. The smallest absolute Gasteiger partial charge is 0.244 e. The van der Waals surface area contributed by atoms with Gasteiger partial charge in [-0.15, -0.1) is 0 Å². The van der Waals surface area contributed by atoms with Crippen LogP contribution in [0.5, 0.6) is 0 Å². The predicted molar refractivity (Wildman–Crippen MR) is 75.8 cm³/mol. The molecule has 1 amide bonds. The van der Waals surface area contributed by atoms with E-state index in [0.717, 1.165) is 19.3 Å². The summed E-state index contributed by atoms with van der Waals surface area (Å²) in [7, 11) is 1.70. The Balaban J connectivity index is 2.17. The highest BCUT2D eigenvalue weighted by molar-refractivity contribution is 5.89. The molecule has 1 aliphatic carbocycles. The van der Waals surface area contributed by atoms with Crippen molar-refractivity contribution in [3.8, 4) is 0 Å². The van der Waals surface area contributed by atoms with Crippen LogP contribution in [0.15, 0.2) is 0 Å². The van der Waals surface area contributed by atoms with E-state index in [-0.39, 0.29) is 17.7 Å². The van der Waals surface area contributed by atoms with Crippen molar-refractivity contribution in [3.63, 3.8) is 0 Å². The van der Waals surface area contributed by atoms with Crippen LogP contribution in [-0.4, -0.2) is 42.3 Å². The zero-order chi connectivity index (χ0) is 14.0. The van der Waals surface area contributed by atoms with Gasteiger partial charge in [0.1, 0.15) is 0 Å². The lowest BCUT2D eigenvalue weighted by atomic mass is 9.97. The molecule has 2 atom stereocenters. The average Bonchev–Trinajstić information content (AvgIpc) is 2.87. The van der Waals surface area contributed by atoms with Gasteiger partial charge in [0.2, 0.25) is 5.91 Å². The van der Waals surface area contributed by atoms with Crippen LogP contribution in [0.4, 0.5) is 0 Å². The maximum Gasteiger partial charge on any atom is 0.244 e. The van der Waals surface area contributed by atoms with Gasteiger partial charge in [0.25, 0.3) is 0 Å². The molecule has 1 saturated heterocycles. The lowest BCUT2D eigenvalue weighted by Crippen LogP contribution is -2.46. The van der Waals surface area contributed by atoms with Gasteiger partial charge in [-0.3, -0.25) is 10.1 Å². The Kier molecular flexibility index (Phi) is 4.51. The minimum absolute atomic E-state index is 0.147. The third kappa shape index (κ3) is 2.79. The Bertz CT molecular complexity index is 324. The van der Waals surface area contributed by atoms with E-state index in [1.807, 2.05) is 0 Å². The van der Waals surface area contributed by atoms with Crippen molar-refractivity contribution in [2.24, 2.45) is 5.92 Å². The average molecular weight is 268 g/mol. The van der Waals surface area contributed by atoms with Gasteiger partial charge < -0.3 is 9.64 Å². The Morgan fingerprint density at radius 2 is 2.00 bits per heavy atom. The van der Waals surface area contributed by atoms with Crippen LogP contribution in [0.1, 0.15) is 52.9 Å². The topological polar surface area (TPSA) is 41.6 Å². The summed E-state index contributed by atoms with van der Waals surface area (Å²) in [6.07, 6.45) is 5.52. The summed E-state index contributed by atoms with van der Waals surface area (Å²) in [5.41, 5.74) is -0.262. The van der Waals surface area contributed by atoms with Crippen molar-refractivity contribution in [2.45, 2.75) is 70.6 Å². The summed E-state index contributed by atoms with van der Waals surface area (Å²) in [6.45, 7) is 7.12. The van der Waals surface area contributed by atoms with Crippen molar-refractivity contribution in [3.05, 3.63) is 0 Å². The first kappa shape index (κ1) is 14.8. The van der Waals surface area contributed by atoms with E-state index >= 15 is 0 Å². The monoisotopic (exact) mass is 268 g/mol. The van der Waals surface area contributed by atoms with Crippen molar-refractivity contribution in [1.82, 2.24) is 10.2 Å². The standard InChI is InChI=1S/C15H28N2O2/c1-11(2)9-13-16-15(7-5-6-8-15)14(18)17(13)12(3)10-19-4/h11-13,16H,5-10H2,1-4H3. The Hall–Kier alpha value is -0.610. The van der Waals surface area contributed by atoms with Gasteiger partial charge in [-0.25, -0.2) is 0 Å². The number of hydrogen-bond acceptors (Lipinski definition) is 3. The van der Waals surface area contributed by atoms with Crippen molar-refractivity contribution < 1.29 is 9.53 Å². The number of nitrogens with one attached hydrogen (secondary N) is 1. The van der Waals surface area contributed by atoms with Crippen LogP contribution in [0, 0.1) is 5.92 Å². The molecule has 2 rings (SSSR count). The van der Waals surface area contributed by atoms with Crippen LogP contribution < -0.4 is 5.32 Å². The number of carbonyl (C=O) groups is 1. The maximum atomic E-state index is 12.8. The van der Waals surface area contributed by atoms with Crippen molar-refractivity contribution in [1.29, 1.82) is 0 Å². The van der Waals surface area contributed by atoms with Crippen LogP contribution in [0.3, 0.4) is 0 Å². The van der Waals surface area contributed by atoms with E-state index in [1.165, 1.54) is 12.8 Å². The van der Waals surface area contributed by atoms with E-state index in [2.05, 4.69) is 31.0 Å². The van der Waals surface area contributed by atoms with Gasteiger partial charge in [-0.05, 0) is 32.1 Å². The summed E-state index contributed by atoms with van der Waals surface area (Å²) in [5, 5.41) is 3.66. The van der Waals surface area contributed by atoms with E-state index < -0.39 is 0 Å². The number of amides is 1. The van der Waals surface area contributed by atoms with E-state index in [9.17, 15) is 4.79 Å². The maximum absolute atomic E-state index is 12.8. The SMILES string of the molecule is COCC(C)N1C(=O)C2(CCCC2)NC1CC(C)C. The molecule has 0 radical (unpaired) electrons. The number of methoxy groups -OCH3 is 1. The fourth-order valence-corrected chi connectivity index (χ4v) is 3.62.